The van der Waals surface area contributed by atoms with E-state index in [2.05, 4.69) is 4.98 Å². The van der Waals surface area contributed by atoms with Gasteiger partial charge in [0.25, 0.3) is 0 Å². The molecule has 0 aliphatic carbocycles. The summed E-state index contributed by atoms with van der Waals surface area (Å²) in [4.78, 5) is 39.8. The van der Waals surface area contributed by atoms with Crippen molar-refractivity contribution < 1.29 is 28.2 Å². The highest BCUT2D eigenvalue weighted by molar-refractivity contribution is 6.08. The Kier molecular flexibility index (Phi) is 8.42. The molecule has 45 heavy (non-hydrogen) atoms. The summed E-state index contributed by atoms with van der Waals surface area (Å²) < 4.78 is 36.6. The van der Waals surface area contributed by atoms with Crippen molar-refractivity contribution in [2.45, 2.75) is 66.0 Å². The number of nitrogens with zero attached hydrogens (tertiary/aromatic N) is 5. The van der Waals surface area contributed by atoms with E-state index in [-0.39, 0.29) is 35.0 Å². The highest BCUT2D eigenvalue weighted by Gasteiger charge is 2.38. The van der Waals surface area contributed by atoms with Gasteiger partial charge in [-0.25, -0.2) is 28.3 Å². The molecule has 1 atom stereocenters. The Labute approximate surface area is 261 Å². The number of fused-ring (bicyclic) bond motifs is 1. The lowest BCUT2D eigenvalue weighted by molar-refractivity contribution is 0.0134. The molecule has 1 amide bonds. The van der Waals surface area contributed by atoms with Crippen molar-refractivity contribution >= 4 is 29.4 Å². The number of hydrogen-bond acceptors (Lipinski definition) is 8. The second kappa shape index (κ2) is 12.0. The van der Waals surface area contributed by atoms with Crippen LogP contribution in [0.4, 0.5) is 25.1 Å². The van der Waals surface area contributed by atoms with Crippen molar-refractivity contribution in [1.29, 1.82) is 0 Å². The predicted octanol–water partition coefficient (Wildman–Crippen LogP) is 6.68. The molecule has 2 aromatic carbocycles. The third-order valence-electron chi connectivity index (χ3n) is 7.82. The molecule has 5 rings (SSSR count). The minimum absolute atomic E-state index is 0.0260. The van der Waals surface area contributed by atoms with Gasteiger partial charge in [-0.1, -0.05) is 38.1 Å². The van der Waals surface area contributed by atoms with Gasteiger partial charge in [0.15, 0.2) is 17.6 Å². The van der Waals surface area contributed by atoms with Gasteiger partial charge >= 0.3 is 6.09 Å². The lowest BCUT2D eigenvalue weighted by Gasteiger charge is -2.43. The number of hydrogen-bond donors (Lipinski definition) is 1. The van der Waals surface area contributed by atoms with Gasteiger partial charge in [-0.15, -0.1) is 0 Å². The second-order valence-corrected chi connectivity index (χ2v) is 12.7. The zero-order valence-corrected chi connectivity index (χ0v) is 26.5. The molecule has 11 heteroatoms. The Bertz CT molecular complexity index is 1720. The number of phenolic OH excluding ortho intramolecular Hbond substituents is 1. The number of anilines is 2. The molecule has 3 heterocycles. The van der Waals surface area contributed by atoms with Crippen molar-refractivity contribution in [1.82, 2.24) is 14.8 Å². The van der Waals surface area contributed by atoms with Crippen LogP contribution in [0.1, 0.15) is 64.2 Å². The van der Waals surface area contributed by atoms with E-state index in [4.69, 9.17) is 9.73 Å². The maximum atomic E-state index is 16.0. The molecule has 1 saturated heterocycles. The maximum Gasteiger partial charge on any atom is 0.410 e. The Morgan fingerprint density at radius 2 is 1.82 bits per heavy atom. The molecule has 9 nitrogen and oxygen atoms in total. The number of aryl methyl sites for hydroxylation is 1. The molecular formula is C34H37F2N5O4. The number of phenols is 1. The molecular weight excluding hydrogens is 580 g/mol. The number of aromatic hydroxyl groups is 1. The maximum absolute atomic E-state index is 16.0. The van der Waals surface area contributed by atoms with Gasteiger partial charge in [-0.3, -0.25) is 4.90 Å². The van der Waals surface area contributed by atoms with Crippen LogP contribution in [-0.4, -0.2) is 69.0 Å². The largest absolute Gasteiger partial charge is 0.507 e. The summed E-state index contributed by atoms with van der Waals surface area (Å²) in [6, 6.07) is 10.3. The number of ether oxygens (including phenoxy) is 1. The van der Waals surface area contributed by atoms with E-state index in [0.717, 1.165) is 17.2 Å². The first kappa shape index (κ1) is 31.7. The molecule has 1 N–H and O–H groups in total. The van der Waals surface area contributed by atoms with Crippen LogP contribution in [0.3, 0.4) is 0 Å². The Morgan fingerprint density at radius 3 is 2.44 bits per heavy atom. The Morgan fingerprint density at radius 1 is 1.11 bits per heavy atom. The first-order valence-corrected chi connectivity index (χ1v) is 14.9. The standard InChI is InChI=1S/C34H37F2N5O4/c1-19(2)22-11-8-10-20(3)30(22)41-27(18-42)37-31(40-15-14-39(17-21(40)4)33(44)45-34(5,6)7)23-16-25(36)29(38-32(23)41)28-24(35)12-9-13-26(28)43/h8-13,16,19,21,43H,14-15,17H2,1-7H3/t21-/m0/s1. The van der Waals surface area contributed by atoms with Crippen LogP contribution in [0.2, 0.25) is 0 Å². The number of amides is 1. The highest BCUT2D eigenvalue weighted by atomic mass is 19.1. The van der Waals surface area contributed by atoms with Gasteiger partial charge < -0.3 is 19.6 Å². The second-order valence-electron chi connectivity index (χ2n) is 12.7. The van der Waals surface area contributed by atoms with Gasteiger partial charge in [0.1, 0.15) is 28.7 Å². The average Bonchev–Trinajstić information content (AvgIpc) is 2.96. The first-order chi connectivity index (χ1) is 21.2. The van der Waals surface area contributed by atoms with Crippen molar-refractivity contribution in [3.8, 4) is 17.0 Å². The van der Waals surface area contributed by atoms with E-state index >= 15 is 8.78 Å². The van der Waals surface area contributed by atoms with Crippen LogP contribution in [0.15, 0.2) is 53.3 Å². The van der Waals surface area contributed by atoms with Crippen LogP contribution < -0.4 is 4.90 Å². The smallest absolute Gasteiger partial charge is 0.410 e. The van der Waals surface area contributed by atoms with Crippen LogP contribution in [0.5, 0.6) is 5.75 Å². The summed E-state index contributed by atoms with van der Waals surface area (Å²) in [5.41, 5.74) is 1.11. The molecule has 2 aliphatic rings. The number of carbonyl (C=O) groups is 1. The predicted molar refractivity (Wildman–Crippen MR) is 168 cm³/mol. The molecule has 1 aromatic heterocycles. The SMILES string of the molecule is Cc1cccc(C(C)C)c1N1C(=C=O)N=C(N2CCN(C(=O)OC(C)(C)C)C[C@@H]2C)c2cc(F)c(-c3c(O)cccc3F)nc21. The van der Waals surface area contributed by atoms with Gasteiger partial charge in [-0.2, -0.15) is 0 Å². The fourth-order valence-corrected chi connectivity index (χ4v) is 5.76. The normalized spacial score (nSPS) is 16.8. The van der Waals surface area contributed by atoms with Crippen molar-refractivity contribution in [2.24, 2.45) is 4.99 Å². The molecule has 2 aliphatic heterocycles. The number of aliphatic imine (C=N–C) groups is 1. The molecule has 0 saturated carbocycles. The van der Waals surface area contributed by atoms with Gasteiger partial charge in [-0.05, 0) is 69.9 Å². The van der Waals surface area contributed by atoms with Gasteiger partial charge in [0, 0.05) is 25.7 Å². The van der Waals surface area contributed by atoms with Crippen LogP contribution in [-0.2, 0) is 9.53 Å². The number of carbonyl (C=O) groups excluding carboxylic acids is 2. The minimum atomic E-state index is -0.880. The molecule has 3 aromatic rings. The number of rotatable bonds is 3. The van der Waals surface area contributed by atoms with E-state index in [9.17, 15) is 14.7 Å². The summed E-state index contributed by atoms with van der Waals surface area (Å²) in [5, 5.41) is 10.5. The number of amidine groups is 1. The average molecular weight is 618 g/mol. The van der Waals surface area contributed by atoms with Crippen molar-refractivity contribution in [3.63, 3.8) is 0 Å². The Balaban J connectivity index is 1.69. The number of benzene rings is 2. The molecule has 0 radical (unpaired) electrons. The lowest BCUT2D eigenvalue weighted by Crippen LogP contribution is -2.56. The lowest BCUT2D eigenvalue weighted by atomic mass is 9.96. The fraction of sp³-hybridized carbons (Fsp3) is 0.382. The quantitative estimate of drug-likeness (QED) is 0.328. The van der Waals surface area contributed by atoms with E-state index in [1.54, 1.807) is 25.7 Å². The number of para-hydroxylation sites is 1. The molecule has 0 bridgehead atoms. The highest BCUT2D eigenvalue weighted by Crippen LogP contribution is 2.44. The van der Waals surface area contributed by atoms with Crippen molar-refractivity contribution in [2.75, 3.05) is 24.5 Å². The third kappa shape index (κ3) is 6.00. The molecule has 236 valence electrons. The number of aromatic nitrogens is 1. The summed E-state index contributed by atoms with van der Waals surface area (Å²) in [7, 11) is 0. The summed E-state index contributed by atoms with van der Waals surface area (Å²) in [5.74, 6) is 0.0643. The number of pyridine rings is 1. The number of halogens is 2. The van der Waals surface area contributed by atoms with Crippen LogP contribution >= 0.6 is 0 Å². The first-order valence-electron chi connectivity index (χ1n) is 14.9. The van der Waals surface area contributed by atoms with Crippen LogP contribution in [0.25, 0.3) is 11.3 Å². The van der Waals surface area contributed by atoms with E-state index in [1.807, 2.05) is 56.7 Å². The van der Waals surface area contributed by atoms with Gasteiger partial charge in [0.2, 0.25) is 5.82 Å². The molecule has 0 unspecified atom stereocenters. The Hall–Kier alpha value is -4.76. The molecule has 0 spiro atoms. The molecule has 1 fully saturated rings. The summed E-state index contributed by atoms with van der Waals surface area (Å²) in [6.45, 7) is 14.1. The van der Waals surface area contributed by atoms with E-state index in [0.29, 0.717) is 25.3 Å². The topological polar surface area (TPSA) is 98.6 Å². The van der Waals surface area contributed by atoms with Gasteiger partial charge in [0.05, 0.1) is 16.8 Å². The monoisotopic (exact) mass is 617 g/mol. The zero-order chi connectivity index (χ0) is 32.8. The van der Waals surface area contributed by atoms with E-state index < -0.39 is 40.3 Å². The van der Waals surface area contributed by atoms with E-state index in [1.165, 1.54) is 23.1 Å². The fourth-order valence-electron chi connectivity index (χ4n) is 5.76. The zero-order valence-electron chi connectivity index (χ0n) is 26.5. The minimum Gasteiger partial charge on any atom is -0.507 e. The third-order valence-corrected chi connectivity index (χ3v) is 7.82. The van der Waals surface area contributed by atoms with Crippen LogP contribution in [0, 0.1) is 18.6 Å². The summed E-state index contributed by atoms with van der Waals surface area (Å²) >= 11 is 0. The van der Waals surface area contributed by atoms with Crippen molar-refractivity contribution in [3.05, 3.63) is 76.6 Å². The number of piperazine rings is 1. The summed E-state index contributed by atoms with van der Waals surface area (Å²) in [6.07, 6.45) is -0.442.